The van der Waals surface area contributed by atoms with Crippen LogP contribution < -0.4 is 0 Å². The van der Waals surface area contributed by atoms with E-state index in [1.807, 2.05) is 39.1 Å². The zero-order chi connectivity index (χ0) is 12.9. The Labute approximate surface area is 115 Å². The Morgan fingerprint density at radius 2 is 2.06 bits per heavy atom. The quantitative estimate of drug-likeness (QED) is 0.899. The van der Waals surface area contributed by atoms with Crippen LogP contribution in [0.4, 0.5) is 0 Å². The molecule has 1 atom stereocenters. The Kier molecular flexibility index (Phi) is 3.22. The van der Waals surface area contributed by atoms with Gasteiger partial charge in [-0.1, -0.05) is 0 Å². The van der Waals surface area contributed by atoms with Crippen molar-refractivity contribution in [2.75, 3.05) is 0 Å². The lowest BCUT2D eigenvalue weighted by molar-refractivity contribution is -0.125. The number of ether oxygens (including phenoxy) is 1. The van der Waals surface area contributed by atoms with Crippen molar-refractivity contribution in [2.45, 2.75) is 57.3 Å². The first-order chi connectivity index (χ1) is 7.65. The Balaban J connectivity index is 2.28. The van der Waals surface area contributed by atoms with Crippen molar-refractivity contribution in [1.82, 2.24) is 0 Å². The predicted molar refractivity (Wildman–Crippen MR) is 74.5 cm³/mol. The van der Waals surface area contributed by atoms with Gasteiger partial charge in [-0.3, -0.25) is 0 Å². The predicted octanol–water partition coefficient (Wildman–Crippen LogP) is 3.76. The molecule has 1 saturated heterocycles. The van der Waals surface area contributed by atoms with Crippen molar-refractivity contribution in [2.24, 2.45) is 0 Å². The van der Waals surface area contributed by atoms with Crippen LogP contribution in [-0.2, 0) is 11.2 Å². The molecule has 1 unspecified atom stereocenters. The number of halogens is 1. The van der Waals surface area contributed by atoms with Crippen molar-refractivity contribution in [3.63, 3.8) is 0 Å². The molecule has 1 aromatic rings. The molecule has 0 saturated carbocycles. The van der Waals surface area contributed by atoms with E-state index >= 15 is 0 Å². The molecule has 4 heteroatoms. The van der Waals surface area contributed by atoms with Gasteiger partial charge in [0.2, 0.25) is 0 Å². The molecule has 0 amide bonds. The third-order valence-corrected chi connectivity index (χ3v) is 5.44. The zero-order valence-electron chi connectivity index (χ0n) is 10.7. The fourth-order valence-corrected chi connectivity index (χ4v) is 4.33. The first-order valence-electron chi connectivity index (χ1n) is 5.80. The average molecular weight is 319 g/mol. The normalized spacial score (nSPS) is 30.7. The number of aliphatic hydroxyl groups is 1. The molecule has 0 aromatic carbocycles. The van der Waals surface area contributed by atoms with Gasteiger partial charge < -0.3 is 9.84 Å². The summed E-state index contributed by atoms with van der Waals surface area (Å²) in [7, 11) is 0. The van der Waals surface area contributed by atoms with Gasteiger partial charge in [0, 0.05) is 22.2 Å². The number of hydrogen-bond donors (Lipinski definition) is 1. The highest BCUT2D eigenvalue weighted by Gasteiger charge is 2.56. The second kappa shape index (κ2) is 4.05. The summed E-state index contributed by atoms with van der Waals surface area (Å²) in [6.45, 7) is 8.03. The molecular weight excluding hydrogens is 300 g/mol. The molecule has 0 radical (unpaired) electrons. The Hall–Kier alpha value is 0.1000. The molecular formula is C13H19BrO2S. The van der Waals surface area contributed by atoms with Gasteiger partial charge in [0.05, 0.1) is 11.2 Å². The lowest BCUT2D eigenvalue weighted by atomic mass is 9.79. The molecule has 1 aromatic heterocycles. The second-order valence-electron chi connectivity index (χ2n) is 5.95. The summed E-state index contributed by atoms with van der Waals surface area (Å²) in [5, 5.41) is 13.0. The molecule has 17 heavy (non-hydrogen) atoms. The molecule has 1 N–H and O–H groups in total. The first kappa shape index (κ1) is 13.5. The van der Waals surface area contributed by atoms with E-state index in [0.717, 1.165) is 4.47 Å². The highest BCUT2D eigenvalue weighted by molar-refractivity contribution is 9.10. The molecule has 96 valence electrons. The van der Waals surface area contributed by atoms with Crippen LogP contribution in [-0.4, -0.2) is 21.9 Å². The molecule has 2 nitrogen and oxygen atoms in total. The van der Waals surface area contributed by atoms with E-state index in [4.69, 9.17) is 4.74 Å². The minimum atomic E-state index is -0.802. The summed E-state index contributed by atoms with van der Waals surface area (Å²) >= 11 is 5.20. The van der Waals surface area contributed by atoms with Crippen LogP contribution in [0.2, 0.25) is 0 Å². The van der Waals surface area contributed by atoms with Crippen molar-refractivity contribution in [3.8, 4) is 0 Å². The number of rotatable bonds is 2. The maximum absolute atomic E-state index is 10.9. The fraction of sp³-hybridized carbons (Fsp3) is 0.692. The van der Waals surface area contributed by atoms with E-state index < -0.39 is 11.2 Å². The van der Waals surface area contributed by atoms with Crippen molar-refractivity contribution >= 4 is 27.3 Å². The number of thiophene rings is 1. The van der Waals surface area contributed by atoms with Crippen LogP contribution in [0.25, 0.3) is 0 Å². The molecule has 0 aliphatic carbocycles. The van der Waals surface area contributed by atoms with E-state index in [2.05, 4.69) is 15.9 Å². The van der Waals surface area contributed by atoms with Gasteiger partial charge in [0.1, 0.15) is 5.60 Å². The Bertz CT molecular complexity index is 425. The van der Waals surface area contributed by atoms with Crippen LogP contribution >= 0.6 is 27.3 Å². The molecule has 2 rings (SSSR count). The van der Waals surface area contributed by atoms with Crippen molar-refractivity contribution < 1.29 is 9.84 Å². The summed E-state index contributed by atoms with van der Waals surface area (Å²) < 4.78 is 7.06. The maximum atomic E-state index is 10.9. The van der Waals surface area contributed by atoms with Gasteiger partial charge in [-0.25, -0.2) is 0 Å². The first-order valence-corrected chi connectivity index (χ1v) is 7.47. The molecule has 0 spiro atoms. The highest BCUT2D eigenvalue weighted by atomic mass is 79.9. The highest BCUT2D eigenvalue weighted by Crippen LogP contribution is 2.47. The van der Waals surface area contributed by atoms with E-state index in [9.17, 15) is 5.11 Å². The third-order valence-electron chi connectivity index (χ3n) is 3.51. The van der Waals surface area contributed by atoms with Crippen LogP contribution in [0.5, 0.6) is 0 Å². The topological polar surface area (TPSA) is 29.5 Å². The van der Waals surface area contributed by atoms with Gasteiger partial charge in [-0.05, 0) is 55.1 Å². The minimum Gasteiger partial charge on any atom is -0.386 e. The summed E-state index contributed by atoms with van der Waals surface area (Å²) in [6, 6.07) is 2.03. The third kappa shape index (κ3) is 2.46. The van der Waals surface area contributed by atoms with Gasteiger partial charge in [0.25, 0.3) is 0 Å². The van der Waals surface area contributed by atoms with Crippen LogP contribution in [0.15, 0.2) is 15.9 Å². The standard InChI is InChI=1S/C13H19BrO2S/c1-11(2)8-13(15,12(3,4)16-11)7-10-9(14)5-6-17-10/h5-6,15H,7-8H2,1-4H3. The second-order valence-corrected chi connectivity index (χ2v) is 7.80. The number of hydrogen-bond acceptors (Lipinski definition) is 3. The average Bonchev–Trinajstić information content (AvgIpc) is 2.53. The Morgan fingerprint density at radius 3 is 2.47 bits per heavy atom. The zero-order valence-corrected chi connectivity index (χ0v) is 13.1. The van der Waals surface area contributed by atoms with E-state index in [-0.39, 0.29) is 5.60 Å². The van der Waals surface area contributed by atoms with Gasteiger partial charge >= 0.3 is 0 Å². The molecule has 1 fully saturated rings. The van der Waals surface area contributed by atoms with Gasteiger partial charge in [-0.2, -0.15) is 0 Å². The maximum Gasteiger partial charge on any atom is 0.101 e. The van der Waals surface area contributed by atoms with Gasteiger partial charge in [0.15, 0.2) is 0 Å². The molecule has 0 bridgehead atoms. The molecule has 1 aliphatic heterocycles. The van der Waals surface area contributed by atoms with Crippen molar-refractivity contribution in [3.05, 3.63) is 20.8 Å². The van der Waals surface area contributed by atoms with E-state index in [1.54, 1.807) is 11.3 Å². The monoisotopic (exact) mass is 318 g/mol. The lowest BCUT2D eigenvalue weighted by Gasteiger charge is -2.34. The Morgan fingerprint density at radius 1 is 1.41 bits per heavy atom. The summed E-state index contributed by atoms with van der Waals surface area (Å²) in [6.07, 6.45) is 1.30. The minimum absolute atomic E-state index is 0.262. The van der Waals surface area contributed by atoms with Gasteiger partial charge in [-0.15, -0.1) is 11.3 Å². The largest absolute Gasteiger partial charge is 0.386 e. The summed E-state index contributed by atoms with van der Waals surface area (Å²) in [4.78, 5) is 1.18. The van der Waals surface area contributed by atoms with Crippen molar-refractivity contribution in [1.29, 1.82) is 0 Å². The van der Waals surface area contributed by atoms with Crippen LogP contribution in [0, 0.1) is 0 Å². The van der Waals surface area contributed by atoms with Crippen LogP contribution in [0.1, 0.15) is 39.0 Å². The fourth-order valence-electron chi connectivity index (χ4n) is 2.73. The molecule has 1 aliphatic rings. The molecule has 2 heterocycles. The smallest absolute Gasteiger partial charge is 0.101 e. The van der Waals surface area contributed by atoms with E-state index in [0.29, 0.717) is 12.8 Å². The van der Waals surface area contributed by atoms with Crippen LogP contribution in [0.3, 0.4) is 0 Å². The summed E-state index contributed by atoms with van der Waals surface area (Å²) in [5.74, 6) is 0. The van der Waals surface area contributed by atoms with E-state index in [1.165, 1.54) is 4.88 Å². The lowest BCUT2D eigenvalue weighted by Crippen LogP contribution is -2.47. The summed E-state index contributed by atoms with van der Waals surface area (Å²) in [5.41, 5.74) is -1.58. The SMILES string of the molecule is CC1(C)CC(O)(Cc2sccc2Br)C(C)(C)O1.